The highest BCUT2D eigenvalue weighted by atomic mass is 16.5. The van der Waals surface area contributed by atoms with Crippen molar-refractivity contribution in [3.63, 3.8) is 0 Å². The Morgan fingerprint density at radius 3 is 3.06 bits per heavy atom. The van der Waals surface area contributed by atoms with Crippen LogP contribution in [0.3, 0.4) is 0 Å². The fraction of sp³-hybridized carbons (Fsp3) is 0.800. The third-order valence-corrected chi connectivity index (χ3v) is 2.73. The van der Waals surface area contributed by atoms with Gasteiger partial charge in [-0.2, -0.15) is 0 Å². The maximum absolute atomic E-state index is 9.17. The number of hydrogen-bond acceptors (Lipinski definition) is 5. The summed E-state index contributed by atoms with van der Waals surface area (Å²) in [6.07, 6.45) is 2.04. The Hall–Kier alpha value is -0.980. The van der Waals surface area contributed by atoms with Gasteiger partial charge >= 0.3 is 0 Å². The third-order valence-electron chi connectivity index (χ3n) is 2.73. The van der Waals surface area contributed by atoms with Crippen molar-refractivity contribution >= 4 is 0 Å². The minimum atomic E-state index is -0.108. The molecular formula is C10H17N3O3. The lowest BCUT2D eigenvalue weighted by Crippen LogP contribution is -2.14. The molecule has 0 saturated carbocycles. The van der Waals surface area contributed by atoms with Gasteiger partial charge in [0.15, 0.2) is 11.6 Å². The average molecular weight is 227 g/mol. The summed E-state index contributed by atoms with van der Waals surface area (Å²) in [5, 5.41) is 17.2. The molecule has 2 heterocycles. The summed E-state index contributed by atoms with van der Waals surface area (Å²) in [7, 11) is 1.65. The lowest BCUT2D eigenvalue weighted by atomic mass is 10.2. The summed E-state index contributed by atoms with van der Waals surface area (Å²) >= 11 is 0. The first kappa shape index (κ1) is 11.5. The van der Waals surface area contributed by atoms with E-state index in [4.69, 9.17) is 14.6 Å². The van der Waals surface area contributed by atoms with Crippen molar-refractivity contribution in [2.45, 2.75) is 32.1 Å². The fourth-order valence-electron chi connectivity index (χ4n) is 1.91. The number of aliphatic hydroxyl groups is 1. The van der Waals surface area contributed by atoms with Gasteiger partial charge in [-0.25, -0.2) is 0 Å². The quantitative estimate of drug-likeness (QED) is 0.781. The molecule has 0 spiro atoms. The van der Waals surface area contributed by atoms with E-state index < -0.39 is 0 Å². The van der Waals surface area contributed by atoms with Crippen molar-refractivity contribution in [3.05, 3.63) is 11.6 Å². The van der Waals surface area contributed by atoms with Gasteiger partial charge in [0, 0.05) is 20.3 Å². The smallest absolute Gasteiger partial charge is 0.162 e. The molecule has 0 aliphatic carbocycles. The molecule has 16 heavy (non-hydrogen) atoms. The van der Waals surface area contributed by atoms with E-state index in [1.165, 1.54) is 0 Å². The summed E-state index contributed by atoms with van der Waals surface area (Å²) in [4.78, 5) is 0. The van der Waals surface area contributed by atoms with E-state index in [-0.39, 0.29) is 12.7 Å². The first-order chi connectivity index (χ1) is 7.86. The maximum Gasteiger partial charge on any atom is 0.162 e. The van der Waals surface area contributed by atoms with E-state index in [1.807, 2.05) is 4.57 Å². The molecule has 0 radical (unpaired) electrons. The summed E-state index contributed by atoms with van der Waals surface area (Å²) in [5.41, 5.74) is 0. The zero-order valence-electron chi connectivity index (χ0n) is 9.43. The predicted molar refractivity (Wildman–Crippen MR) is 55.7 cm³/mol. The lowest BCUT2D eigenvalue weighted by molar-refractivity contribution is 0.0985. The van der Waals surface area contributed by atoms with Crippen molar-refractivity contribution in [1.29, 1.82) is 0 Å². The number of nitrogens with zero attached hydrogens (tertiary/aromatic N) is 3. The standard InChI is InChI=1S/C10H17N3O3/c1-15-6-4-13-9(7-14)11-12-10(13)8-3-2-5-16-8/h8,14H,2-7H2,1H3. The Morgan fingerprint density at radius 2 is 2.44 bits per heavy atom. The van der Waals surface area contributed by atoms with Gasteiger partial charge in [-0.1, -0.05) is 0 Å². The van der Waals surface area contributed by atoms with Gasteiger partial charge in [-0.05, 0) is 12.8 Å². The molecule has 2 rings (SSSR count). The predicted octanol–water partition coefficient (Wildman–Crippen LogP) is 0.268. The minimum absolute atomic E-state index is 0.0182. The van der Waals surface area contributed by atoms with Crippen LogP contribution < -0.4 is 0 Å². The van der Waals surface area contributed by atoms with Crippen LogP contribution in [0.4, 0.5) is 0 Å². The van der Waals surface area contributed by atoms with Crippen LogP contribution in [0.25, 0.3) is 0 Å². The van der Waals surface area contributed by atoms with Crippen LogP contribution in [0.5, 0.6) is 0 Å². The zero-order chi connectivity index (χ0) is 11.4. The molecule has 1 aromatic heterocycles. The molecule has 0 amide bonds. The molecule has 0 aromatic carbocycles. The van der Waals surface area contributed by atoms with Crippen molar-refractivity contribution in [2.75, 3.05) is 20.3 Å². The Kier molecular flexibility index (Phi) is 3.87. The molecule has 1 N–H and O–H groups in total. The summed E-state index contributed by atoms with van der Waals surface area (Å²) in [5.74, 6) is 1.38. The molecule has 90 valence electrons. The van der Waals surface area contributed by atoms with E-state index in [0.29, 0.717) is 19.0 Å². The number of ether oxygens (including phenoxy) is 2. The van der Waals surface area contributed by atoms with Gasteiger partial charge in [0.05, 0.1) is 6.61 Å². The normalized spacial score (nSPS) is 20.5. The first-order valence-electron chi connectivity index (χ1n) is 5.50. The van der Waals surface area contributed by atoms with E-state index in [9.17, 15) is 0 Å². The molecule has 1 atom stereocenters. The van der Waals surface area contributed by atoms with Gasteiger partial charge in [0.2, 0.25) is 0 Å². The van der Waals surface area contributed by atoms with Gasteiger partial charge in [-0.15, -0.1) is 10.2 Å². The van der Waals surface area contributed by atoms with Crippen LogP contribution in [0.1, 0.15) is 30.6 Å². The van der Waals surface area contributed by atoms with Crippen molar-refractivity contribution in [2.24, 2.45) is 0 Å². The lowest BCUT2D eigenvalue weighted by Gasteiger charge is -2.12. The fourth-order valence-corrected chi connectivity index (χ4v) is 1.91. The second-order valence-electron chi connectivity index (χ2n) is 3.78. The van der Waals surface area contributed by atoms with Crippen LogP contribution in [-0.2, 0) is 22.6 Å². The largest absolute Gasteiger partial charge is 0.388 e. The van der Waals surface area contributed by atoms with Crippen molar-refractivity contribution in [1.82, 2.24) is 14.8 Å². The summed E-state index contributed by atoms with van der Waals surface area (Å²) in [6.45, 7) is 1.89. The van der Waals surface area contributed by atoms with Crippen LogP contribution in [0.15, 0.2) is 0 Å². The number of aromatic nitrogens is 3. The molecule has 1 fully saturated rings. The maximum atomic E-state index is 9.17. The molecule has 1 saturated heterocycles. The van der Waals surface area contributed by atoms with Crippen LogP contribution in [-0.4, -0.2) is 40.2 Å². The van der Waals surface area contributed by atoms with Gasteiger partial charge in [0.1, 0.15) is 12.7 Å². The molecule has 1 aliphatic rings. The van der Waals surface area contributed by atoms with Gasteiger partial charge in [0.25, 0.3) is 0 Å². The minimum Gasteiger partial charge on any atom is -0.388 e. The van der Waals surface area contributed by atoms with Crippen LogP contribution in [0, 0.1) is 0 Å². The second kappa shape index (κ2) is 5.38. The Bertz CT molecular complexity index is 334. The van der Waals surface area contributed by atoms with E-state index in [0.717, 1.165) is 25.3 Å². The molecule has 0 bridgehead atoms. The SMILES string of the molecule is COCCn1c(CO)nnc1C1CCCO1. The molecular weight excluding hydrogens is 210 g/mol. The number of aliphatic hydroxyl groups excluding tert-OH is 1. The topological polar surface area (TPSA) is 69.4 Å². The monoisotopic (exact) mass is 227 g/mol. The number of rotatable bonds is 5. The molecule has 1 aromatic rings. The molecule has 6 heteroatoms. The second-order valence-corrected chi connectivity index (χ2v) is 3.78. The summed E-state index contributed by atoms with van der Waals surface area (Å²) in [6, 6.07) is 0. The average Bonchev–Trinajstić information content (AvgIpc) is 2.94. The molecule has 6 nitrogen and oxygen atoms in total. The van der Waals surface area contributed by atoms with E-state index >= 15 is 0 Å². The zero-order valence-corrected chi connectivity index (χ0v) is 9.43. The van der Waals surface area contributed by atoms with Gasteiger partial charge in [-0.3, -0.25) is 0 Å². The van der Waals surface area contributed by atoms with Gasteiger partial charge < -0.3 is 19.1 Å². The highest BCUT2D eigenvalue weighted by molar-refractivity contribution is 5.00. The number of methoxy groups -OCH3 is 1. The van der Waals surface area contributed by atoms with Crippen LogP contribution >= 0.6 is 0 Å². The Labute approximate surface area is 94.2 Å². The third kappa shape index (κ3) is 2.23. The highest BCUT2D eigenvalue weighted by Crippen LogP contribution is 2.27. The highest BCUT2D eigenvalue weighted by Gasteiger charge is 2.24. The van der Waals surface area contributed by atoms with Crippen molar-refractivity contribution in [3.8, 4) is 0 Å². The Balaban J connectivity index is 2.18. The van der Waals surface area contributed by atoms with Crippen molar-refractivity contribution < 1.29 is 14.6 Å². The van der Waals surface area contributed by atoms with E-state index in [2.05, 4.69) is 10.2 Å². The number of hydrogen-bond donors (Lipinski definition) is 1. The molecule has 1 unspecified atom stereocenters. The van der Waals surface area contributed by atoms with E-state index in [1.54, 1.807) is 7.11 Å². The first-order valence-corrected chi connectivity index (χ1v) is 5.50. The van der Waals surface area contributed by atoms with Crippen LogP contribution in [0.2, 0.25) is 0 Å². The summed E-state index contributed by atoms with van der Waals surface area (Å²) < 4.78 is 12.5. The molecule has 1 aliphatic heterocycles. The Morgan fingerprint density at radius 1 is 1.56 bits per heavy atom.